The number of esters is 1. The maximum Gasteiger partial charge on any atom is 0.306 e. The first-order valence-electron chi connectivity index (χ1n) is 11.2. The van der Waals surface area contributed by atoms with Crippen molar-refractivity contribution < 1.29 is 14.3 Å². The Morgan fingerprint density at radius 1 is 0.967 bits per heavy atom. The number of nitrogens with zero attached hydrogens (tertiary/aromatic N) is 1. The van der Waals surface area contributed by atoms with E-state index in [4.69, 9.17) is 10.5 Å². The summed E-state index contributed by atoms with van der Waals surface area (Å²) >= 11 is 0. The second-order valence-electron chi connectivity index (χ2n) is 8.98. The number of nitrogens with two attached hydrogens (primary N) is 1. The van der Waals surface area contributed by atoms with Gasteiger partial charge in [-0.05, 0) is 84.3 Å². The van der Waals surface area contributed by atoms with E-state index < -0.39 is 5.60 Å². The molecule has 170 valence electrons. The van der Waals surface area contributed by atoms with Crippen LogP contribution in [0.3, 0.4) is 0 Å². The van der Waals surface area contributed by atoms with Gasteiger partial charge in [-0.15, -0.1) is 0 Å². The number of benzene rings is 1. The van der Waals surface area contributed by atoms with Gasteiger partial charge in [0.15, 0.2) is 0 Å². The summed E-state index contributed by atoms with van der Waals surface area (Å²) in [5, 5.41) is 2.96. The third kappa shape index (κ3) is 13.3. The second kappa shape index (κ2) is 14.1. The molecule has 0 atom stereocenters. The molecule has 0 saturated carbocycles. The molecule has 0 unspecified atom stereocenters. The first-order chi connectivity index (χ1) is 14.2. The Kier molecular flexibility index (Phi) is 12.3. The number of hydrogen-bond acceptors (Lipinski definition) is 5. The van der Waals surface area contributed by atoms with Crippen molar-refractivity contribution in [1.82, 2.24) is 4.90 Å². The lowest BCUT2D eigenvalue weighted by atomic mass is 10.1. The minimum absolute atomic E-state index is 0.0359. The van der Waals surface area contributed by atoms with Crippen LogP contribution in [-0.4, -0.2) is 42.5 Å². The lowest BCUT2D eigenvalue weighted by Crippen LogP contribution is -2.23. The van der Waals surface area contributed by atoms with Crippen LogP contribution in [0.5, 0.6) is 0 Å². The summed E-state index contributed by atoms with van der Waals surface area (Å²) in [4.78, 5) is 26.1. The Hall–Kier alpha value is -1.92. The van der Waals surface area contributed by atoms with E-state index in [1.54, 1.807) is 0 Å². The van der Waals surface area contributed by atoms with Crippen molar-refractivity contribution in [3.63, 3.8) is 0 Å². The molecule has 0 aliphatic rings. The minimum atomic E-state index is -0.423. The molecule has 1 aromatic rings. The quantitative estimate of drug-likeness (QED) is 0.343. The van der Waals surface area contributed by atoms with Crippen LogP contribution < -0.4 is 11.1 Å². The van der Waals surface area contributed by atoms with Crippen LogP contribution in [0.15, 0.2) is 24.3 Å². The highest BCUT2D eigenvalue weighted by atomic mass is 16.6. The van der Waals surface area contributed by atoms with Gasteiger partial charge in [0.25, 0.3) is 0 Å². The number of anilines is 1. The molecule has 30 heavy (non-hydrogen) atoms. The van der Waals surface area contributed by atoms with Crippen molar-refractivity contribution in [2.45, 2.75) is 84.3 Å². The Labute approximate surface area is 182 Å². The van der Waals surface area contributed by atoms with Crippen LogP contribution in [0, 0.1) is 0 Å². The fourth-order valence-electron chi connectivity index (χ4n) is 3.13. The van der Waals surface area contributed by atoms with Crippen molar-refractivity contribution >= 4 is 17.6 Å². The van der Waals surface area contributed by atoms with Gasteiger partial charge in [-0.1, -0.05) is 25.0 Å². The Morgan fingerprint density at radius 3 is 2.20 bits per heavy atom. The molecule has 1 amide bonds. The summed E-state index contributed by atoms with van der Waals surface area (Å²) in [5.41, 5.74) is 7.17. The van der Waals surface area contributed by atoms with E-state index in [0.717, 1.165) is 63.8 Å². The molecule has 6 heteroatoms. The van der Waals surface area contributed by atoms with E-state index in [0.29, 0.717) is 12.8 Å². The first-order valence-corrected chi connectivity index (χ1v) is 11.2. The van der Waals surface area contributed by atoms with Crippen molar-refractivity contribution in [3.05, 3.63) is 29.8 Å². The summed E-state index contributed by atoms with van der Waals surface area (Å²) in [7, 11) is 2.11. The van der Waals surface area contributed by atoms with E-state index in [9.17, 15) is 9.59 Å². The Balaban J connectivity index is 2.17. The van der Waals surface area contributed by atoms with Crippen LogP contribution in [0.1, 0.15) is 77.7 Å². The summed E-state index contributed by atoms with van der Waals surface area (Å²) in [6, 6.07) is 8.04. The zero-order valence-corrected chi connectivity index (χ0v) is 19.3. The van der Waals surface area contributed by atoms with E-state index >= 15 is 0 Å². The predicted molar refractivity (Wildman–Crippen MR) is 123 cm³/mol. The molecule has 0 aliphatic carbocycles. The third-order valence-electron chi connectivity index (χ3n) is 4.64. The maximum atomic E-state index is 12.1. The maximum absolute atomic E-state index is 12.1. The smallest absolute Gasteiger partial charge is 0.306 e. The fourth-order valence-corrected chi connectivity index (χ4v) is 3.13. The number of carbonyl (C=O) groups is 2. The van der Waals surface area contributed by atoms with Gasteiger partial charge in [0, 0.05) is 25.1 Å². The number of unbranched alkanes of at least 4 members (excludes halogenated alkanes) is 4. The summed E-state index contributed by atoms with van der Waals surface area (Å²) in [6.07, 6.45) is 6.60. The highest BCUT2D eigenvalue weighted by Gasteiger charge is 2.15. The van der Waals surface area contributed by atoms with Gasteiger partial charge < -0.3 is 20.7 Å². The van der Waals surface area contributed by atoms with Crippen LogP contribution in [0.25, 0.3) is 0 Å². The van der Waals surface area contributed by atoms with Gasteiger partial charge >= 0.3 is 5.97 Å². The zero-order chi connectivity index (χ0) is 22.4. The standard InChI is InChI=1S/C24H41N3O3/c1-24(2,3)30-23(29)12-8-6-5-7-11-22(28)26-21-15-13-20(14-16-21)19-27(4)18-10-9-17-25/h13-16H,5-12,17-19,25H2,1-4H3,(H,26,28). The molecule has 6 nitrogen and oxygen atoms in total. The highest BCUT2D eigenvalue weighted by molar-refractivity contribution is 5.90. The number of ether oxygens (including phenoxy) is 1. The SMILES string of the molecule is CN(CCCCN)Cc1ccc(NC(=O)CCCCCCC(=O)OC(C)(C)C)cc1. The molecule has 0 fully saturated rings. The Bertz CT molecular complexity index is 624. The van der Waals surface area contributed by atoms with E-state index in [2.05, 4.69) is 29.4 Å². The van der Waals surface area contributed by atoms with Gasteiger partial charge in [0.05, 0.1) is 0 Å². The van der Waals surface area contributed by atoms with Crippen molar-refractivity contribution in [3.8, 4) is 0 Å². The molecule has 0 spiro atoms. The Morgan fingerprint density at radius 2 is 1.60 bits per heavy atom. The van der Waals surface area contributed by atoms with Gasteiger partial charge in [-0.3, -0.25) is 9.59 Å². The van der Waals surface area contributed by atoms with E-state index in [1.807, 2.05) is 32.9 Å². The molecular formula is C24H41N3O3. The molecule has 1 aromatic carbocycles. The largest absolute Gasteiger partial charge is 0.460 e. The van der Waals surface area contributed by atoms with Gasteiger partial charge in [-0.2, -0.15) is 0 Å². The van der Waals surface area contributed by atoms with Gasteiger partial charge in [0.1, 0.15) is 5.60 Å². The summed E-state index contributed by atoms with van der Waals surface area (Å²) < 4.78 is 5.29. The van der Waals surface area contributed by atoms with Gasteiger partial charge in [0.2, 0.25) is 5.91 Å². The summed E-state index contributed by atoms with van der Waals surface area (Å²) in [5.74, 6) is -0.112. The first kappa shape index (κ1) is 26.1. The number of carbonyl (C=O) groups excluding carboxylic acids is 2. The number of nitrogens with one attached hydrogen (secondary N) is 1. The molecule has 0 aromatic heterocycles. The fraction of sp³-hybridized carbons (Fsp3) is 0.667. The molecule has 0 heterocycles. The number of amides is 1. The third-order valence-corrected chi connectivity index (χ3v) is 4.64. The zero-order valence-electron chi connectivity index (χ0n) is 19.3. The lowest BCUT2D eigenvalue weighted by Gasteiger charge is -2.19. The molecule has 0 aliphatic heterocycles. The lowest BCUT2D eigenvalue weighted by molar-refractivity contribution is -0.154. The number of rotatable bonds is 14. The molecule has 0 saturated heterocycles. The molecule has 1 rings (SSSR count). The highest BCUT2D eigenvalue weighted by Crippen LogP contribution is 2.14. The van der Waals surface area contributed by atoms with Crippen LogP contribution in [0.2, 0.25) is 0 Å². The van der Waals surface area contributed by atoms with E-state index in [-0.39, 0.29) is 11.9 Å². The summed E-state index contributed by atoms with van der Waals surface area (Å²) in [6.45, 7) is 8.30. The van der Waals surface area contributed by atoms with Gasteiger partial charge in [-0.25, -0.2) is 0 Å². The average Bonchev–Trinajstić information content (AvgIpc) is 2.65. The van der Waals surface area contributed by atoms with E-state index in [1.165, 1.54) is 5.56 Å². The van der Waals surface area contributed by atoms with Crippen LogP contribution in [-0.2, 0) is 20.9 Å². The van der Waals surface area contributed by atoms with Crippen LogP contribution >= 0.6 is 0 Å². The minimum Gasteiger partial charge on any atom is -0.460 e. The normalized spacial score (nSPS) is 11.5. The second-order valence-corrected chi connectivity index (χ2v) is 8.98. The van der Waals surface area contributed by atoms with Crippen molar-refractivity contribution in [1.29, 1.82) is 0 Å². The molecule has 0 bridgehead atoms. The molecule has 0 radical (unpaired) electrons. The monoisotopic (exact) mass is 419 g/mol. The van der Waals surface area contributed by atoms with Crippen molar-refractivity contribution in [2.24, 2.45) is 5.73 Å². The topological polar surface area (TPSA) is 84.7 Å². The average molecular weight is 420 g/mol. The van der Waals surface area contributed by atoms with Crippen molar-refractivity contribution in [2.75, 3.05) is 25.5 Å². The predicted octanol–water partition coefficient (Wildman–Crippen LogP) is 4.48. The molecule has 3 N–H and O–H groups in total. The van der Waals surface area contributed by atoms with Crippen LogP contribution in [0.4, 0.5) is 5.69 Å². The molecular weight excluding hydrogens is 378 g/mol. The number of hydrogen-bond donors (Lipinski definition) is 2.